The van der Waals surface area contributed by atoms with Crippen molar-refractivity contribution in [3.8, 4) is 0 Å². The van der Waals surface area contributed by atoms with Crippen LogP contribution >= 0.6 is 0 Å². The van der Waals surface area contributed by atoms with Crippen molar-refractivity contribution in [1.82, 2.24) is 9.78 Å². The Balaban J connectivity index is 2.25. The van der Waals surface area contributed by atoms with Crippen LogP contribution in [0.4, 0.5) is 5.82 Å². The van der Waals surface area contributed by atoms with Gasteiger partial charge in [0.15, 0.2) is 0 Å². The predicted octanol–water partition coefficient (Wildman–Crippen LogP) is 2.54. The average Bonchev–Trinajstić information content (AvgIpc) is 3.01. The van der Waals surface area contributed by atoms with Gasteiger partial charge < -0.3 is 5.32 Å². The fourth-order valence-electron chi connectivity index (χ4n) is 2.26. The van der Waals surface area contributed by atoms with Crippen molar-refractivity contribution in [3.05, 3.63) is 21.9 Å². The van der Waals surface area contributed by atoms with E-state index in [0.717, 1.165) is 5.69 Å². The summed E-state index contributed by atoms with van der Waals surface area (Å²) in [6.07, 6.45) is 0.314. The molecule has 1 amide bonds. The van der Waals surface area contributed by atoms with Crippen LogP contribution in [0, 0.1) is 16.0 Å². The second kappa shape index (κ2) is 5.07. The van der Waals surface area contributed by atoms with Crippen LogP contribution in [0.15, 0.2) is 6.07 Å². The number of aromatic nitrogens is 2. The van der Waals surface area contributed by atoms with Gasteiger partial charge in [-0.2, -0.15) is 5.10 Å². The third-order valence-electron chi connectivity index (χ3n) is 3.73. The first-order chi connectivity index (χ1) is 9.91. The number of nitrogens with one attached hydrogen (secondary N) is 1. The van der Waals surface area contributed by atoms with Crippen molar-refractivity contribution in [3.63, 3.8) is 0 Å². The Morgan fingerprint density at radius 1 is 1.36 bits per heavy atom. The quantitative estimate of drug-likeness (QED) is 0.686. The Hall–Kier alpha value is -1.92. The molecule has 2 rings (SSSR count). The van der Waals surface area contributed by atoms with Gasteiger partial charge in [0.05, 0.1) is 11.2 Å². The first-order valence-corrected chi connectivity index (χ1v) is 7.46. The first-order valence-electron chi connectivity index (χ1n) is 7.46. The second-order valence-electron chi connectivity index (χ2n) is 7.93. The van der Waals surface area contributed by atoms with Crippen molar-refractivity contribution in [2.45, 2.75) is 65.0 Å². The number of hydrogen-bond donors (Lipinski definition) is 1. The lowest BCUT2D eigenvalue weighted by Crippen LogP contribution is -2.28. The molecule has 1 aliphatic rings. The van der Waals surface area contributed by atoms with Crippen molar-refractivity contribution in [2.24, 2.45) is 5.92 Å². The SMILES string of the molecule is CC(C)(C)c1cc(NC(=O)C2CC2[N+](=O)[O-])n(C(C)(C)C)n1. The molecule has 0 aromatic carbocycles. The van der Waals surface area contributed by atoms with Gasteiger partial charge in [0.1, 0.15) is 11.7 Å². The van der Waals surface area contributed by atoms with E-state index < -0.39 is 12.0 Å². The van der Waals surface area contributed by atoms with Gasteiger partial charge in [-0.15, -0.1) is 0 Å². The standard InChI is InChI=1S/C15H24N4O3/c1-14(2,3)11-8-12(18(17-11)15(4,5)6)16-13(20)9-7-10(9)19(21)22/h8-10H,7H2,1-6H3,(H,16,20). The maximum absolute atomic E-state index is 12.2. The van der Waals surface area contributed by atoms with Gasteiger partial charge in [-0.3, -0.25) is 14.9 Å². The maximum atomic E-state index is 12.2. The Bertz CT molecular complexity index is 607. The molecule has 2 unspecified atom stereocenters. The van der Waals surface area contributed by atoms with E-state index in [2.05, 4.69) is 31.2 Å². The van der Waals surface area contributed by atoms with E-state index in [1.807, 2.05) is 26.8 Å². The van der Waals surface area contributed by atoms with Gasteiger partial charge in [0.25, 0.3) is 0 Å². The summed E-state index contributed by atoms with van der Waals surface area (Å²) in [5.41, 5.74) is 0.441. The number of carbonyl (C=O) groups is 1. The van der Waals surface area contributed by atoms with Crippen molar-refractivity contribution >= 4 is 11.7 Å². The van der Waals surface area contributed by atoms with Crippen LogP contribution in [-0.4, -0.2) is 26.7 Å². The minimum absolute atomic E-state index is 0.140. The molecule has 7 heteroatoms. The number of carbonyl (C=O) groups excluding carboxylic acids is 1. The molecule has 0 bridgehead atoms. The summed E-state index contributed by atoms with van der Waals surface area (Å²) in [5.74, 6) is -0.236. The van der Waals surface area contributed by atoms with Crippen molar-refractivity contribution < 1.29 is 9.72 Å². The Morgan fingerprint density at radius 3 is 2.36 bits per heavy atom. The lowest BCUT2D eigenvalue weighted by atomic mass is 9.92. The Kier molecular flexibility index (Phi) is 3.79. The molecular weight excluding hydrogens is 284 g/mol. The highest BCUT2D eigenvalue weighted by Gasteiger charge is 2.53. The van der Waals surface area contributed by atoms with Crippen LogP contribution in [0.3, 0.4) is 0 Å². The second-order valence-corrected chi connectivity index (χ2v) is 7.93. The van der Waals surface area contributed by atoms with Crippen molar-refractivity contribution in [2.75, 3.05) is 5.32 Å². The van der Waals surface area contributed by atoms with Gasteiger partial charge in [0.2, 0.25) is 11.9 Å². The number of amides is 1. The zero-order chi connectivity index (χ0) is 16.9. The highest BCUT2D eigenvalue weighted by molar-refractivity contribution is 5.94. The van der Waals surface area contributed by atoms with Crippen molar-refractivity contribution in [1.29, 1.82) is 0 Å². The highest BCUT2D eigenvalue weighted by atomic mass is 16.6. The predicted molar refractivity (Wildman–Crippen MR) is 83.4 cm³/mol. The third kappa shape index (κ3) is 3.28. The van der Waals surface area contributed by atoms with Crippen LogP contribution in [0.25, 0.3) is 0 Å². The van der Waals surface area contributed by atoms with Crippen LogP contribution in [0.1, 0.15) is 53.7 Å². The Morgan fingerprint density at radius 2 is 1.95 bits per heavy atom. The number of nitro groups is 1. The van der Waals surface area contributed by atoms with Crippen LogP contribution in [-0.2, 0) is 15.7 Å². The fraction of sp³-hybridized carbons (Fsp3) is 0.733. The van der Waals surface area contributed by atoms with E-state index >= 15 is 0 Å². The molecule has 1 aromatic rings. The normalized spacial score (nSPS) is 21.5. The molecule has 1 fully saturated rings. The molecule has 22 heavy (non-hydrogen) atoms. The third-order valence-corrected chi connectivity index (χ3v) is 3.73. The van der Waals surface area contributed by atoms with Crippen LogP contribution in [0.2, 0.25) is 0 Å². The summed E-state index contributed by atoms with van der Waals surface area (Å²) in [4.78, 5) is 22.5. The zero-order valence-corrected chi connectivity index (χ0v) is 14.0. The molecule has 1 aliphatic carbocycles. The van der Waals surface area contributed by atoms with Gasteiger partial charge in [0, 0.05) is 22.8 Å². The number of rotatable bonds is 3. The molecule has 122 valence electrons. The van der Waals surface area contributed by atoms with Gasteiger partial charge in [-0.1, -0.05) is 20.8 Å². The van der Waals surface area contributed by atoms with Gasteiger partial charge >= 0.3 is 0 Å². The van der Waals surface area contributed by atoms with E-state index in [4.69, 9.17) is 0 Å². The number of anilines is 1. The molecule has 0 saturated heterocycles. The fourth-order valence-corrected chi connectivity index (χ4v) is 2.26. The summed E-state index contributed by atoms with van der Waals surface area (Å²) in [6.45, 7) is 12.2. The van der Waals surface area contributed by atoms with E-state index in [-0.39, 0.29) is 21.8 Å². The molecular formula is C15H24N4O3. The van der Waals surface area contributed by atoms with E-state index in [0.29, 0.717) is 12.2 Å². The van der Waals surface area contributed by atoms with Gasteiger partial charge in [-0.25, -0.2) is 4.68 Å². The average molecular weight is 308 g/mol. The molecule has 1 heterocycles. The lowest BCUT2D eigenvalue weighted by molar-refractivity contribution is -0.497. The van der Waals surface area contributed by atoms with E-state index in [1.54, 1.807) is 4.68 Å². The summed E-state index contributed by atoms with van der Waals surface area (Å²) in [6, 6.07) is 1.11. The highest BCUT2D eigenvalue weighted by Crippen LogP contribution is 2.35. The smallest absolute Gasteiger partial charge is 0.235 e. The summed E-state index contributed by atoms with van der Waals surface area (Å²) in [5, 5.41) is 18.1. The lowest BCUT2D eigenvalue weighted by Gasteiger charge is -2.23. The minimum atomic E-state index is -0.743. The largest absolute Gasteiger partial charge is 0.310 e. The topological polar surface area (TPSA) is 90.1 Å². The molecule has 1 saturated carbocycles. The van der Waals surface area contributed by atoms with Crippen LogP contribution < -0.4 is 5.32 Å². The monoisotopic (exact) mass is 308 g/mol. The maximum Gasteiger partial charge on any atom is 0.235 e. The molecule has 0 spiro atoms. The number of hydrogen-bond acceptors (Lipinski definition) is 4. The first kappa shape index (κ1) is 16.5. The number of nitrogens with zero attached hydrogens (tertiary/aromatic N) is 3. The van der Waals surface area contributed by atoms with E-state index in [9.17, 15) is 14.9 Å². The molecule has 0 aliphatic heterocycles. The molecule has 1 aromatic heterocycles. The molecule has 1 N–H and O–H groups in total. The summed E-state index contributed by atoms with van der Waals surface area (Å²) < 4.78 is 1.77. The summed E-state index contributed by atoms with van der Waals surface area (Å²) in [7, 11) is 0. The molecule has 7 nitrogen and oxygen atoms in total. The van der Waals surface area contributed by atoms with Gasteiger partial charge in [-0.05, 0) is 20.8 Å². The zero-order valence-electron chi connectivity index (χ0n) is 14.0. The van der Waals surface area contributed by atoms with E-state index in [1.165, 1.54) is 0 Å². The molecule has 0 radical (unpaired) electrons. The minimum Gasteiger partial charge on any atom is -0.310 e. The Labute approximate surface area is 130 Å². The van der Waals surface area contributed by atoms with Crippen LogP contribution in [0.5, 0.6) is 0 Å². The molecule has 2 atom stereocenters. The summed E-state index contributed by atoms with van der Waals surface area (Å²) >= 11 is 0.